The quantitative estimate of drug-likeness (QED) is 0.367. The molecule has 0 atom stereocenters. The summed E-state index contributed by atoms with van der Waals surface area (Å²) in [7, 11) is 0. The predicted molar refractivity (Wildman–Crippen MR) is 90.7 cm³/mol. The Hall–Kier alpha value is -3.07. The smallest absolute Gasteiger partial charge is 0.331 e. The minimum Gasteiger partial charge on any atom is -0.452 e. The second-order valence-electron chi connectivity index (χ2n) is 4.88. The van der Waals surface area contributed by atoms with Gasteiger partial charge < -0.3 is 10.1 Å². The van der Waals surface area contributed by atoms with E-state index in [1.54, 1.807) is 6.08 Å². The highest BCUT2D eigenvalue weighted by Crippen LogP contribution is 2.21. The molecule has 1 heterocycles. The topological polar surface area (TPSA) is 98.5 Å². The number of thiophene rings is 1. The molecule has 0 aliphatic heterocycles. The van der Waals surface area contributed by atoms with Crippen LogP contribution in [0.2, 0.25) is 0 Å². The molecular formula is C16H13FN2O5S. The first-order chi connectivity index (χ1) is 11.9. The van der Waals surface area contributed by atoms with Crippen molar-refractivity contribution in [2.45, 2.75) is 6.92 Å². The Kier molecular flexibility index (Phi) is 5.96. The number of hydrogen-bond acceptors (Lipinski definition) is 6. The predicted octanol–water partition coefficient (Wildman–Crippen LogP) is 3.30. The fourth-order valence-electron chi connectivity index (χ4n) is 1.79. The summed E-state index contributed by atoms with van der Waals surface area (Å²) in [5.74, 6) is -2.38. The number of ether oxygens (including phenoxy) is 1. The van der Waals surface area contributed by atoms with Crippen molar-refractivity contribution >= 4 is 40.7 Å². The maximum absolute atomic E-state index is 13.6. The second-order valence-corrected chi connectivity index (χ2v) is 5.83. The van der Waals surface area contributed by atoms with Gasteiger partial charge in [-0.15, -0.1) is 11.3 Å². The summed E-state index contributed by atoms with van der Waals surface area (Å²) in [6, 6.07) is 4.62. The molecule has 1 aromatic carbocycles. The van der Waals surface area contributed by atoms with Gasteiger partial charge in [0.05, 0.1) is 10.6 Å². The second kappa shape index (κ2) is 8.15. The van der Waals surface area contributed by atoms with E-state index in [1.807, 2.05) is 18.4 Å². The Morgan fingerprint density at radius 1 is 1.40 bits per heavy atom. The van der Waals surface area contributed by atoms with Gasteiger partial charge in [0.1, 0.15) is 5.82 Å². The van der Waals surface area contributed by atoms with Crippen LogP contribution < -0.4 is 5.32 Å². The summed E-state index contributed by atoms with van der Waals surface area (Å²) in [5.41, 5.74) is 0.274. The highest BCUT2D eigenvalue weighted by molar-refractivity contribution is 7.11. The third-order valence-electron chi connectivity index (χ3n) is 3.05. The van der Waals surface area contributed by atoms with Crippen LogP contribution in [0.15, 0.2) is 35.7 Å². The van der Waals surface area contributed by atoms with Crippen molar-refractivity contribution < 1.29 is 23.6 Å². The standard InChI is InChI=1S/C16H13FN2O5S/c1-10-6-7-25-14(10)4-5-16(21)24-9-15(20)18-13-8-11(19(22)23)2-3-12(13)17/h2-8H,9H2,1H3,(H,18,20)/b5-4+. The third kappa shape index (κ3) is 5.21. The van der Waals surface area contributed by atoms with Crippen LogP contribution in [0, 0.1) is 22.9 Å². The number of aryl methyl sites for hydroxylation is 1. The first kappa shape index (κ1) is 18.3. The minimum atomic E-state index is -0.835. The van der Waals surface area contributed by atoms with Gasteiger partial charge in [-0.2, -0.15) is 0 Å². The number of non-ortho nitro benzene ring substituents is 1. The lowest BCUT2D eigenvalue weighted by Gasteiger charge is -2.06. The van der Waals surface area contributed by atoms with Crippen molar-refractivity contribution in [2.75, 3.05) is 11.9 Å². The molecule has 7 nitrogen and oxygen atoms in total. The van der Waals surface area contributed by atoms with Crippen LogP contribution in [0.3, 0.4) is 0 Å². The number of nitro groups is 1. The van der Waals surface area contributed by atoms with E-state index in [1.165, 1.54) is 17.4 Å². The largest absolute Gasteiger partial charge is 0.452 e. The third-order valence-corrected chi connectivity index (χ3v) is 4.04. The summed E-state index contributed by atoms with van der Waals surface area (Å²) < 4.78 is 18.3. The zero-order valence-electron chi connectivity index (χ0n) is 13.0. The van der Waals surface area contributed by atoms with Crippen molar-refractivity contribution in [2.24, 2.45) is 0 Å². The number of benzene rings is 1. The van der Waals surface area contributed by atoms with Crippen molar-refractivity contribution in [1.29, 1.82) is 0 Å². The summed E-state index contributed by atoms with van der Waals surface area (Å²) >= 11 is 1.45. The Morgan fingerprint density at radius 2 is 2.16 bits per heavy atom. The molecule has 25 heavy (non-hydrogen) atoms. The number of amides is 1. The van der Waals surface area contributed by atoms with E-state index in [2.05, 4.69) is 5.32 Å². The van der Waals surface area contributed by atoms with E-state index in [0.29, 0.717) is 0 Å². The van der Waals surface area contributed by atoms with Gasteiger partial charge in [0.2, 0.25) is 0 Å². The molecule has 2 aromatic rings. The molecule has 0 radical (unpaired) electrons. The highest BCUT2D eigenvalue weighted by Gasteiger charge is 2.14. The Morgan fingerprint density at radius 3 is 2.80 bits per heavy atom. The Balaban J connectivity index is 1.89. The van der Waals surface area contributed by atoms with Crippen LogP contribution in [0.5, 0.6) is 0 Å². The number of carbonyl (C=O) groups is 2. The fraction of sp³-hybridized carbons (Fsp3) is 0.125. The number of hydrogen-bond donors (Lipinski definition) is 1. The maximum Gasteiger partial charge on any atom is 0.331 e. The molecule has 1 aromatic heterocycles. The molecule has 0 spiro atoms. The maximum atomic E-state index is 13.6. The number of nitrogens with one attached hydrogen (secondary N) is 1. The minimum absolute atomic E-state index is 0.361. The molecule has 0 saturated carbocycles. The van der Waals surface area contributed by atoms with E-state index in [0.717, 1.165) is 28.6 Å². The molecule has 0 saturated heterocycles. The molecule has 9 heteroatoms. The van der Waals surface area contributed by atoms with Gasteiger partial charge >= 0.3 is 5.97 Å². The van der Waals surface area contributed by atoms with E-state index >= 15 is 0 Å². The number of halogens is 1. The molecule has 1 N–H and O–H groups in total. The number of anilines is 1. The monoisotopic (exact) mass is 364 g/mol. The van der Waals surface area contributed by atoms with Crippen molar-refractivity contribution in [1.82, 2.24) is 0 Å². The molecule has 2 rings (SSSR count). The van der Waals surface area contributed by atoms with Gasteiger partial charge in [-0.25, -0.2) is 9.18 Å². The first-order valence-electron chi connectivity index (χ1n) is 6.99. The number of nitro benzene ring substituents is 1. The number of carbonyl (C=O) groups excluding carboxylic acids is 2. The van der Waals surface area contributed by atoms with E-state index in [9.17, 15) is 24.1 Å². The van der Waals surface area contributed by atoms with Crippen LogP contribution >= 0.6 is 11.3 Å². The lowest BCUT2D eigenvalue weighted by molar-refractivity contribution is -0.384. The van der Waals surface area contributed by atoms with Gasteiger partial charge in [0.15, 0.2) is 6.61 Å². The van der Waals surface area contributed by atoms with Crippen LogP contribution in [0.25, 0.3) is 6.08 Å². The SMILES string of the molecule is Cc1ccsc1/C=C/C(=O)OCC(=O)Nc1cc([N+](=O)[O-])ccc1F. The first-order valence-corrected chi connectivity index (χ1v) is 7.87. The average molecular weight is 364 g/mol. The zero-order chi connectivity index (χ0) is 18.4. The Bertz CT molecular complexity index is 847. The number of rotatable bonds is 6. The van der Waals surface area contributed by atoms with Gasteiger partial charge in [0, 0.05) is 23.1 Å². The normalized spacial score (nSPS) is 10.6. The summed E-state index contributed by atoms with van der Waals surface area (Å²) in [6.07, 6.45) is 2.75. The highest BCUT2D eigenvalue weighted by atomic mass is 32.1. The zero-order valence-corrected chi connectivity index (χ0v) is 13.8. The summed E-state index contributed by atoms with van der Waals surface area (Å²) in [5, 5.41) is 14.7. The van der Waals surface area contributed by atoms with Gasteiger partial charge in [-0.3, -0.25) is 14.9 Å². The van der Waals surface area contributed by atoms with Crippen molar-refractivity contribution in [3.63, 3.8) is 0 Å². The van der Waals surface area contributed by atoms with Crippen LogP contribution in [0.4, 0.5) is 15.8 Å². The van der Waals surface area contributed by atoms with E-state index < -0.39 is 29.2 Å². The molecule has 0 fully saturated rings. The van der Waals surface area contributed by atoms with Crippen LogP contribution in [-0.2, 0) is 14.3 Å². The van der Waals surface area contributed by atoms with Gasteiger partial charge in [0.25, 0.3) is 11.6 Å². The van der Waals surface area contributed by atoms with Crippen LogP contribution in [0.1, 0.15) is 10.4 Å². The summed E-state index contributed by atoms with van der Waals surface area (Å²) in [4.78, 5) is 34.1. The summed E-state index contributed by atoms with van der Waals surface area (Å²) in [6.45, 7) is 1.25. The van der Waals surface area contributed by atoms with Gasteiger partial charge in [-0.1, -0.05) is 0 Å². The van der Waals surface area contributed by atoms with Crippen molar-refractivity contribution in [3.05, 3.63) is 62.1 Å². The fourth-order valence-corrected chi connectivity index (χ4v) is 2.61. The average Bonchev–Trinajstić information content (AvgIpc) is 2.98. The number of nitrogens with zero attached hydrogens (tertiary/aromatic N) is 1. The van der Waals surface area contributed by atoms with Crippen LogP contribution in [-0.4, -0.2) is 23.4 Å². The van der Waals surface area contributed by atoms with E-state index in [4.69, 9.17) is 4.74 Å². The van der Waals surface area contributed by atoms with E-state index in [-0.39, 0.29) is 11.4 Å². The number of esters is 1. The molecule has 0 aliphatic rings. The lowest BCUT2D eigenvalue weighted by atomic mass is 10.2. The lowest BCUT2D eigenvalue weighted by Crippen LogP contribution is -2.20. The molecule has 0 bridgehead atoms. The molecule has 1 amide bonds. The molecule has 0 unspecified atom stereocenters. The molecule has 130 valence electrons. The Labute approximate surface area is 145 Å². The van der Waals surface area contributed by atoms with Gasteiger partial charge in [-0.05, 0) is 36.1 Å². The van der Waals surface area contributed by atoms with Crippen molar-refractivity contribution in [3.8, 4) is 0 Å². The molecular weight excluding hydrogens is 351 g/mol. The molecule has 0 aliphatic carbocycles.